The van der Waals surface area contributed by atoms with Crippen LogP contribution >= 0.6 is 0 Å². The quantitative estimate of drug-likeness (QED) is 0.600. The van der Waals surface area contributed by atoms with Crippen molar-refractivity contribution < 1.29 is 4.79 Å². The minimum atomic E-state index is -0.0315. The summed E-state index contributed by atoms with van der Waals surface area (Å²) in [6.07, 6.45) is 4.23. The van der Waals surface area contributed by atoms with Crippen LogP contribution in [0.2, 0.25) is 0 Å². The van der Waals surface area contributed by atoms with Gasteiger partial charge in [0.15, 0.2) is 0 Å². The number of carbonyl (C=O) groups excluding carboxylic acids is 1. The van der Waals surface area contributed by atoms with Crippen molar-refractivity contribution in [2.75, 3.05) is 6.54 Å². The van der Waals surface area contributed by atoms with Crippen LogP contribution in [-0.2, 0) is 4.79 Å². The van der Waals surface area contributed by atoms with Gasteiger partial charge < -0.3 is 11.1 Å². The summed E-state index contributed by atoms with van der Waals surface area (Å²) in [4.78, 5) is 11.1. The van der Waals surface area contributed by atoms with Crippen molar-refractivity contribution >= 4 is 5.91 Å². The van der Waals surface area contributed by atoms with Crippen LogP contribution in [0.25, 0.3) is 0 Å². The molecule has 3 nitrogen and oxygen atoms in total. The Bertz CT molecular complexity index is 209. The van der Waals surface area contributed by atoms with Crippen molar-refractivity contribution in [3.05, 3.63) is 12.2 Å². The Morgan fingerprint density at radius 1 is 1.75 bits per heavy atom. The highest BCUT2D eigenvalue weighted by Crippen LogP contribution is 2.44. The summed E-state index contributed by atoms with van der Waals surface area (Å²) in [5.74, 6) is -0.0315. The third kappa shape index (κ3) is 2.34. The molecule has 1 atom stereocenters. The average Bonchev–Trinajstić information content (AvgIpc) is 2.54. The highest BCUT2D eigenvalue weighted by molar-refractivity contribution is 5.88. The van der Waals surface area contributed by atoms with Gasteiger partial charge in [0.1, 0.15) is 0 Å². The lowest BCUT2D eigenvalue weighted by Crippen LogP contribution is -2.26. The fourth-order valence-electron chi connectivity index (χ4n) is 1.11. The van der Waals surface area contributed by atoms with Gasteiger partial charge in [0, 0.05) is 18.7 Å². The van der Waals surface area contributed by atoms with Crippen LogP contribution < -0.4 is 11.1 Å². The molecule has 3 heteroatoms. The molecule has 1 amide bonds. The van der Waals surface area contributed by atoms with Crippen LogP contribution in [0.3, 0.4) is 0 Å². The number of nitrogens with two attached hydrogens (primary N) is 1. The van der Waals surface area contributed by atoms with Gasteiger partial charge in [-0.05, 0) is 11.8 Å². The van der Waals surface area contributed by atoms with E-state index in [-0.39, 0.29) is 5.91 Å². The molecule has 1 unspecified atom stereocenters. The molecule has 0 saturated heterocycles. The lowest BCUT2D eigenvalue weighted by molar-refractivity contribution is -0.116. The highest BCUT2D eigenvalue weighted by Gasteiger charge is 2.46. The van der Waals surface area contributed by atoms with Gasteiger partial charge in [0.25, 0.3) is 0 Å². The molecule has 1 saturated carbocycles. The summed E-state index contributed by atoms with van der Waals surface area (Å²) in [6.45, 7) is 4.71. The van der Waals surface area contributed by atoms with Gasteiger partial charge in [-0.1, -0.05) is 19.9 Å². The third-order valence-electron chi connectivity index (χ3n) is 2.24. The fourth-order valence-corrected chi connectivity index (χ4v) is 1.11. The molecule has 0 spiro atoms. The maximum Gasteiger partial charge on any atom is 0.243 e. The second kappa shape index (κ2) is 3.27. The van der Waals surface area contributed by atoms with E-state index in [9.17, 15) is 4.79 Å². The van der Waals surface area contributed by atoms with Gasteiger partial charge in [-0.25, -0.2) is 0 Å². The van der Waals surface area contributed by atoms with E-state index in [1.807, 2.05) is 0 Å². The Labute approximate surface area is 73.0 Å². The van der Waals surface area contributed by atoms with E-state index in [0.717, 1.165) is 6.42 Å². The lowest BCUT2D eigenvalue weighted by Gasteiger charge is -2.02. The van der Waals surface area contributed by atoms with E-state index in [4.69, 9.17) is 5.73 Å². The predicted octanol–water partition coefficient (Wildman–Crippen LogP) is 0.416. The molecular weight excluding hydrogens is 152 g/mol. The van der Waals surface area contributed by atoms with Gasteiger partial charge in [-0.15, -0.1) is 0 Å². The van der Waals surface area contributed by atoms with Gasteiger partial charge >= 0.3 is 0 Å². The number of carbonyl (C=O) groups is 1. The fraction of sp³-hybridized carbons (Fsp3) is 0.667. The first kappa shape index (κ1) is 9.26. The van der Waals surface area contributed by atoms with Crippen molar-refractivity contribution in [3.8, 4) is 0 Å². The van der Waals surface area contributed by atoms with Gasteiger partial charge in [0.05, 0.1) is 0 Å². The topological polar surface area (TPSA) is 55.1 Å². The maximum absolute atomic E-state index is 11.1. The second-order valence-corrected chi connectivity index (χ2v) is 3.89. The molecule has 12 heavy (non-hydrogen) atoms. The first-order chi connectivity index (χ1) is 5.56. The molecule has 0 bridgehead atoms. The molecule has 1 rings (SSSR count). The minimum Gasteiger partial charge on any atom is -0.349 e. The van der Waals surface area contributed by atoms with Crippen molar-refractivity contribution in [3.63, 3.8) is 0 Å². The molecule has 0 heterocycles. The van der Waals surface area contributed by atoms with Crippen molar-refractivity contribution in [1.29, 1.82) is 0 Å². The molecule has 1 aliphatic carbocycles. The number of rotatable bonds is 3. The standard InChI is InChI=1S/C9H16N2O/c1-9(2)6-7(9)11-8(12)4-3-5-10/h3-4,7H,5-6,10H2,1-2H3,(H,11,12)/b4-3+. The minimum absolute atomic E-state index is 0.0315. The van der Waals surface area contributed by atoms with Crippen molar-refractivity contribution in [2.24, 2.45) is 11.1 Å². The Morgan fingerprint density at radius 3 is 2.75 bits per heavy atom. The molecule has 0 aromatic carbocycles. The summed E-state index contributed by atoms with van der Waals surface area (Å²) in [5, 5.41) is 2.90. The average molecular weight is 168 g/mol. The van der Waals surface area contributed by atoms with E-state index < -0.39 is 0 Å². The zero-order chi connectivity index (χ0) is 9.19. The van der Waals surface area contributed by atoms with E-state index in [1.54, 1.807) is 6.08 Å². The molecule has 1 aliphatic rings. The van der Waals surface area contributed by atoms with E-state index >= 15 is 0 Å². The van der Waals surface area contributed by atoms with Gasteiger partial charge in [-0.3, -0.25) is 4.79 Å². The third-order valence-corrected chi connectivity index (χ3v) is 2.24. The molecule has 0 aromatic heterocycles. The second-order valence-electron chi connectivity index (χ2n) is 3.89. The predicted molar refractivity (Wildman–Crippen MR) is 48.5 cm³/mol. The van der Waals surface area contributed by atoms with E-state index in [1.165, 1.54) is 6.08 Å². The molecule has 0 aromatic rings. The molecule has 3 N–H and O–H groups in total. The molecule has 68 valence electrons. The zero-order valence-electron chi connectivity index (χ0n) is 7.63. The number of hydrogen-bond donors (Lipinski definition) is 2. The normalized spacial score (nSPS) is 25.8. The van der Waals surface area contributed by atoms with Crippen molar-refractivity contribution in [1.82, 2.24) is 5.32 Å². The lowest BCUT2D eigenvalue weighted by atomic mass is 10.2. The summed E-state index contributed by atoms with van der Waals surface area (Å²) in [5.41, 5.74) is 5.51. The van der Waals surface area contributed by atoms with Gasteiger partial charge in [-0.2, -0.15) is 0 Å². The zero-order valence-corrected chi connectivity index (χ0v) is 7.63. The SMILES string of the molecule is CC1(C)CC1NC(=O)/C=C/CN. The van der Waals surface area contributed by atoms with E-state index in [2.05, 4.69) is 19.2 Å². The van der Waals surface area contributed by atoms with Crippen LogP contribution in [0.1, 0.15) is 20.3 Å². The Kier molecular flexibility index (Phi) is 2.52. The van der Waals surface area contributed by atoms with Crippen LogP contribution in [0, 0.1) is 5.41 Å². The number of hydrogen-bond acceptors (Lipinski definition) is 2. The first-order valence-corrected chi connectivity index (χ1v) is 4.23. The Hall–Kier alpha value is -0.830. The van der Waals surface area contributed by atoms with E-state index in [0.29, 0.717) is 18.0 Å². The summed E-state index contributed by atoms with van der Waals surface area (Å²) in [6, 6.07) is 0.354. The monoisotopic (exact) mass is 168 g/mol. The van der Waals surface area contributed by atoms with Crippen LogP contribution in [0.15, 0.2) is 12.2 Å². The molecular formula is C9H16N2O. The van der Waals surface area contributed by atoms with Crippen LogP contribution in [0.5, 0.6) is 0 Å². The van der Waals surface area contributed by atoms with Crippen molar-refractivity contribution in [2.45, 2.75) is 26.3 Å². The summed E-state index contributed by atoms with van der Waals surface area (Å²) in [7, 11) is 0. The van der Waals surface area contributed by atoms with Gasteiger partial charge in [0.2, 0.25) is 5.91 Å². The summed E-state index contributed by atoms with van der Waals surface area (Å²) < 4.78 is 0. The maximum atomic E-state index is 11.1. The smallest absolute Gasteiger partial charge is 0.243 e. The first-order valence-electron chi connectivity index (χ1n) is 4.23. The summed E-state index contributed by atoms with van der Waals surface area (Å²) >= 11 is 0. The highest BCUT2D eigenvalue weighted by atomic mass is 16.1. The molecule has 0 aliphatic heterocycles. The largest absolute Gasteiger partial charge is 0.349 e. The number of amides is 1. The van der Waals surface area contributed by atoms with Crippen LogP contribution in [0.4, 0.5) is 0 Å². The number of nitrogens with one attached hydrogen (secondary N) is 1. The van der Waals surface area contributed by atoms with Crippen LogP contribution in [-0.4, -0.2) is 18.5 Å². The molecule has 1 fully saturated rings. The Morgan fingerprint density at radius 2 is 2.33 bits per heavy atom. The Balaban J connectivity index is 2.25. The molecule has 0 radical (unpaired) electrons.